The normalized spacial score (nSPS) is 12.6. The summed E-state index contributed by atoms with van der Waals surface area (Å²) in [5, 5.41) is 20.6. The zero-order valence-corrected chi connectivity index (χ0v) is 16.8. The lowest BCUT2D eigenvalue weighted by Crippen LogP contribution is -2.35. The van der Waals surface area contributed by atoms with E-state index in [-0.39, 0.29) is 26.2 Å². The molecule has 2 aromatic carbocycles. The lowest BCUT2D eigenvalue weighted by Gasteiger charge is -2.27. The topological polar surface area (TPSA) is 114 Å². The minimum Gasteiger partial charge on any atom is -0.491 e. The van der Waals surface area contributed by atoms with Gasteiger partial charge in [0.05, 0.1) is 6.61 Å². The van der Waals surface area contributed by atoms with Crippen LogP contribution in [0.4, 0.5) is 4.79 Å². The Labute approximate surface area is 175 Å². The standard InChI is InChI=1S/C22H27NO7/c1-2-28-19(11-12-24)20(17-9-6-10-18(15-17)29-14-13-25)30-22(27)23-21(26)16-7-4-3-5-8-16/h3-10,15,19-20,24-25H,2,11-14H2,1H3,(H,23,26,27)/t19-,20-/m0/s1. The first kappa shape index (κ1) is 23.3. The van der Waals surface area contributed by atoms with Crippen molar-refractivity contribution in [2.24, 2.45) is 0 Å². The molecule has 0 radical (unpaired) electrons. The molecule has 0 aliphatic heterocycles. The second kappa shape index (κ2) is 12.6. The van der Waals surface area contributed by atoms with Gasteiger partial charge in [0, 0.05) is 25.2 Å². The number of aliphatic hydroxyl groups excluding tert-OH is 2. The van der Waals surface area contributed by atoms with Crippen molar-refractivity contribution < 1.29 is 34.0 Å². The monoisotopic (exact) mass is 417 g/mol. The van der Waals surface area contributed by atoms with Gasteiger partial charge in [-0.25, -0.2) is 4.79 Å². The summed E-state index contributed by atoms with van der Waals surface area (Å²) in [6.07, 6.45) is -2.23. The third-order valence-electron chi connectivity index (χ3n) is 4.16. The van der Waals surface area contributed by atoms with Crippen LogP contribution < -0.4 is 10.1 Å². The van der Waals surface area contributed by atoms with E-state index < -0.39 is 24.2 Å². The maximum absolute atomic E-state index is 12.4. The molecule has 0 heterocycles. The molecule has 2 aromatic rings. The molecular weight excluding hydrogens is 390 g/mol. The molecule has 0 aromatic heterocycles. The van der Waals surface area contributed by atoms with E-state index in [1.165, 1.54) is 0 Å². The third-order valence-corrected chi connectivity index (χ3v) is 4.16. The van der Waals surface area contributed by atoms with Crippen molar-refractivity contribution in [1.82, 2.24) is 5.32 Å². The molecule has 2 rings (SSSR count). The maximum atomic E-state index is 12.4. The van der Waals surface area contributed by atoms with Crippen LogP contribution in [-0.2, 0) is 9.47 Å². The molecule has 0 saturated carbocycles. The molecule has 2 atom stereocenters. The number of amides is 2. The Kier molecular flexibility index (Phi) is 9.79. The van der Waals surface area contributed by atoms with Crippen LogP contribution in [0.15, 0.2) is 54.6 Å². The van der Waals surface area contributed by atoms with Crippen LogP contribution in [0.25, 0.3) is 0 Å². The molecule has 0 unspecified atom stereocenters. The third kappa shape index (κ3) is 7.14. The molecule has 8 heteroatoms. The van der Waals surface area contributed by atoms with Crippen LogP contribution in [0.5, 0.6) is 5.75 Å². The molecule has 8 nitrogen and oxygen atoms in total. The van der Waals surface area contributed by atoms with Crippen LogP contribution in [0.1, 0.15) is 35.4 Å². The van der Waals surface area contributed by atoms with Gasteiger partial charge in [0.2, 0.25) is 0 Å². The van der Waals surface area contributed by atoms with Crippen LogP contribution >= 0.6 is 0 Å². The SMILES string of the molecule is CCO[C@@H](CCO)[C@@H](OC(=O)NC(=O)c1ccccc1)c1cccc(OCCO)c1. The minimum atomic E-state index is -0.932. The fourth-order valence-electron chi connectivity index (χ4n) is 2.87. The number of hydrogen-bond acceptors (Lipinski definition) is 7. The van der Waals surface area contributed by atoms with Gasteiger partial charge >= 0.3 is 6.09 Å². The summed E-state index contributed by atoms with van der Waals surface area (Å²) in [5.74, 6) is -0.107. The number of benzene rings is 2. The molecule has 0 spiro atoms. The van der Waals surface area contributed by atoms with Crippen molar-refractivity contribution >= 4 is 12.0 Å². The molecule has 2 amide bonds. The van der Waals surface area contributed by atoms with Crippen LogP contribution in [0.3, 0.4) is 0 Å². The van der Waals surface area contributed by atoms with Crippen molar-refractivity contribution in [1.29, 1.82) is 0 Å². The Hall–Kier alpha value is -2.94. The number of carbonyl (C=O) groups is 2. The summed E-state index contributed by atoms with van der Waals surface area (Å²) in [6, 6.07) is 15.1. The summed E-state index contributed by atoms with van der Waals surface area (Å²) in [7, 11) is 0. The van der Waals surface area contributed by atoms with E-state index >= 15 is 0 Å². The fourth-order valence-corrected chi connectivity index (χ4v) is 2.87. The Balaban J connectivity index is 2.20. The molecule has 0 aliphatic carbocycles. The quantitative estimate of drug-likeness (QED) is 0.514. The highest BCUT2D eigenvalue weighted by Gasteiger charge is 2.28. The fraction of sp³-hybridized carbons (Fsp3) is 0.364. The highest BCUT2D eigenvalue weighted by molar-refractivity contribution is 6.02. The smallest absolute Gasteiger partial charge is 0.414 e. The van der Waals surface area contributed by atoms with E-state index in [2.05, 4.69) is 5.32 Å². The van der Waals surface area contributed by atoms with Crippen molar-refractivity contribution in [3.05, 3.63) is 65.7 Å². The van der Waals surface area contributed by atoms with Gasteiger partial charge < -0.3 is 24.4 Å². The van der Waals surface area contributed by atoms with Crippen LogP contribution in [0, 0.1) is 0 Å². The van der Waals surface area contributed by atoms with Gasteiger partial charge in [0.1, 0.15) is 18.5 Å². The first-order valence-corrected chi connectivity index (χ1v) is 9.72. The Morgan fingerprint density at radius 1 is 1.03 bits per heavy atom. The molecular formula is C22H27NO7. The zero-order valence-electron chi connectivity index (χ0n) is 16.8. The second-order valence-corrected chi connectivity index (χ2v) is 6.30. The van der Waals surface area contributed by atoms with E-state index in [1.807, 2.05) is 0 Å². The first-order chi connectivity index (χ1) is 14.6. The Morgan fingerprint density at radius 3 is 2.47 bits per heavy atom. The molecule has 162 valence electrons. The Bertz CT molecular complexity index is 791. The summed E-state index contributed by atoms with van der Waals surface area (Å²) in [4.78, 5) is 24.7. The van der Waals surface area contributed by atoms with Crippen LogP contribution in [0.2, 0.25) is 0 Å². The van der Waals surface area contributed by atoms with E-state index in [1.54, 1.807) is 61.5 Å². The zero-order chi connectivity index (χ0) is 21.8. The number of carbonyl (C=O) groups excluding carboxylic acids is 2. The number of hydrogen-bond donors (Lipinski definition) is 3. The van der Waals surface area contributed by atoms with Crippen LogP contribution in [-0.4, -0.2) is 54.7 Å². The molecule has 3 N–H and O–H groups in total. The molecule has 0 aliphatic rings. The maximum Gasteiger partial charge on any atom is 0.414 e. The summed E-state index contributed by atoms with van der Waals surface area (Å²) < 4.78 is 16.6. The minimum absolute atomic E-state index is 0.118. The number of ether oxygens (including phenoxy) is 3. The van der Waals surface area contributed by atoms with Crippen molar-refractivity contribution in [2.75, 3.05) is 26.4 Å². The predicted octanol–water partition coefficient (Wildman–Crippen LogP) is 2.45. The summed E-state index contributed by atoms with van der Waals surface area (Å²) in [5.41, 5.74) is 0.891. The molecule has 0 fully saturated rings. The highest BCUT2D eigenvalue weighted by atomic mass is 16.6. The van der Waals surface area contributed by atoms with E-state index in [9.17, 15) is 14.7 Å². The molecule has 0 bridgehead atoms. The largest absolute Gasteiger partial charge is 0.491 e. The summed E-state index contributed by atoms with van der Waals surface area (Å²) in [6.45, 7) is 1.94. The van der Waals surface area contributed by atoms with E-state index in [4.69, 9.17) is 19.3 Å². The van der Waals surface area contributed by atoms with Gasteiger partial charge in [-0.2, -0.15) is 0 Å². The van der Waals surface area contributed by atoms with Crippen molar-refractivity contribution in [3.63, 3.8) is 0 Å². The van der Waals surface area contributed by atoms with Gasteiger partial charge in [0.15, 0.2) is 6.10 Å². The second-order valence-electron chi connectivity index (χ2n) is 6.30. The van der Waals surface area contributed by atoms with E-state index in [0.717, 1.165) is 0 Å². The number of nitrogens with one attached hydrogen (secondary N) is 1. The van der Waals surface area contributed by atoms with Gasteiger partial charge in [0.25, 0.3) is 5.91 Å². The van der Waals surface area contributed by atoms with Gasteiger partial charge in [-0.1, -0.05) is 30.3 Å². The van der Waals surface area contributed by atoms with Gasteiger partial charge in [-0.15, -0.1) is 0 Å². The average molecular weight is 417 g/mol. The lowest BCUT2D eigenvalue weighted by molar-refractivity contribution is -0.0510. The summed E-state index contributed by atoms with van der Waals surface area (Å²) >= 11 is 0. The Morgan fingerprint density at radius 2 is 1.80 bits per heavy atom. The highest BCUT2D eigenvalue weighted by Crippen LogP contribution is 2.28. The van der Waals surface area contributed by atoms with Gasteiger partial charge in [-0.05, 0) is 36.8 Å². The number of imide groups is 1. The van der Waals surface area contributed by atoms with Gasteiger partial charge in [-0.3, -0.25) is 10.1 Å². The number of alkyl carbamates (subject to hydrolysis) is 1. The predicted molar refractivity (Wildman–Crippen MR) is 109 cm³/mol. The van der Waals surface area contributed by atoms with Crippen molar-refractivity contribution in [3.8, 4) is 5.75 Å². The van der Waals surface area contributed by atoms with E-state index in [0.29, 0.717) is 23.5 Å². The number of rotatable bonds is 11. The lowest BCUT2D eigenvalue weighted by atomic mass is 10.0. The number of aliphatic hydroxyl groups is 2. The molecule has 30 heavy (non-hydrogen) atoms. The average Bonchev–Trinajstić information content (AvgIpc) is 2.76. The molecule has 0 saturated heterocycles. The first-order valence-electron chi connectivity index (χ1n) is 9.72. The van der Waals surface area contributed by atoms with Crippen molar-refractivity contribution in [2.45, 2.75) is 25.6 Å².